The number of carboxylic acid groups (broad SMARTS) is 1. The molecule has 0 rings (SSSR count). The molecule has 0 aromatic rings. The molecule has 0 unspecified atom stereocenters. The van der Waals surface area contributed by atoms with E-state index < -0.39 is 31.1 Å². The predicted molar refractivity (Wildman–Crippen MR) is 58.1 cm³/mol. The Morgan fingerprint density at radius 1 is 1.41 bits per heavy atom. The zero-order chi connectivity index (χ0) is 13.3. The van der Waals surface area contributed by atoms with E-state index >= 15 is 0 Å². The Kier molecular flexibility index (Phi) is 7.14. The van der Waals surface area contributed by atoms with E-state index in [1.54, 1.807) is 6.92 Å². The van der Waals surface area contributed by atoms with Gasteiger partial charge in [0.25, 0.3) is 5.91 Å². The minimum atomic E-state index is -1.19. The molecule has 7 heteroatoms. The molecule has 0 saturated carbocycles. The van der Waals surface area contributed by atoms with Crippen LogP contribution < -0.4 is 5.32 Å². The quantitative estimate of drug-likeness (QED) is 0.599. The van der Waals surface area contributed by atoms with Crippen molar-refractivity contribution in [1.82, 2.24) is 10.2 Å². The summed E-state index contributed by atoms with van der Waals surface area (Å²) in [6.07, 6.45) is 5.04. The first kappa shape index (κ1) is 14.9. The summed E-state index contributed by atoms with van der Waals surface area (Å²) >= 11 is 0. The molecule has 0 atom stereocenters. The topological polar surface area (TPSA) is 95.9 Å². The molecule has 0 aliphatic rings. The van der Waals surface area contributed by atoms with Gasteiger partial charge < -0.3 is 14.7 Å². The molecule has 3 amide bonds. The van der Waals surface area contributed by atoms with Crippen LogP contribution in [0.25, 0.3) is 0 Å². The van der Waals surface area contributed by atoms with Crippen molar-refractivity contribution < 1.29 is 24.2 Å². The van der Waals surface area contributed by atoms with Gasteiger partial charge in [-0.15, -0.1) is 6.42 Å². The van der Waals surface area contributed by atoms with Crippen molar-refractivity contribution in [3.63, 3.8) is 0 Å². The summed E-state index contributed by atoms with van der Waals surface area (Å²) in [7, 11) is 0. The first-order chi connectivity index (χ1) is 8.01. The molecule has 94 valence electrons. The highest BCUT2D eigenvalue weighted by molar-refractivity contribution is 5.95. The Balaban J connectivity index is 3.98. The van der Waals surface area contributed by atoms with Crippen LogP contribution in [0.5, 0.6) is 0 Å². The van der Waals surface area contributed by atoms with Crippen LogP contribution in [0.4, 0.5) is 4.79 Å². The normalized spacial score (nSPS) is 9.18. The SMILES string of the molecule is C#CCN(CC)C(=O)NC(=O)COCC(=O)O. The van der Waals surface area contributed by atoms with Crippen molar-refractivity contribution in [2.75, 3.05) is 26.3 Å². The van der Waals surface area contributed by atoms with E-state index in [0.717, 1.165) is 0 Å². The van der Waals surface area contributed by atoms with Gasteiger partial charge in [-0.3, -0.25) is 10.1 Å². The molecule has 2 N–H and O–H groups in total. The summed E-state index contributed by atoms with van der Waals surface area (Å²) in [6.45, 7) is 1.07. The fourth-order valence-corrected chi connectivity index (χ4v) is 0.903. The van der Waals surface area contributed by atoms with Crippen LogP contribution in [-0.4, -0.2) is 54.2 Å². The molecule has 0 bridgehead atoms. The molecule has 0 fully saturated rings. The lowest BCUT2D eigenvalue weighted by atomic mass is 10.5. The molecule has 17 heavy (non-hydrogen) atoms. The third-order valence-corrected chi connectivity index (χ3v) is 1.66. The standard InChI is InChI=1S/C10H14N2O5/c1-3-5-12(4-2)10(16)11-8(13)6-17-7-9(14)15/h1H,4-7H2,2H3,(H,14,15)(H,11,13,16). The van der Waals surface area contributed by atoms with Gasteiger partial charge in [0.05, 0.1) is 6.54 Å². The molecule has 0 aromatic heterocycles. The minimum absolute atomic E-state index is 0.0889. The summed E-state index contributed by atoms with van der Waals surface area (Å²) in [4.78, 5) is 33.9. The van der Waals surface area contributed by atoms with E-state index in [-0.39, 0.29) is 6.54 Å². The molecule has 0 aromatic carbocycles. The summed E-state index contributed by atoms with van der Waals surface area (Å²) in [5.74, 6) is 0.372. The van der Waals surface area contributed by atoms with Crippen LogP contribution >= 0.6 is 0 Å². The Morgan fingerprint density at radius 2 is 2.06 bits per heavy atom. The maximum atomic E-state index is 11.4. The fraction of sp³-hybridized carbons (Fsp3) is 0.500. The fourth-order valence-electron chi connectivity index (χ4n) is 0.903. The number of carbonyl (C=O) groups excluding carboxylic acids is 2. The highest BCUT2D eigenvalue weighted by Crippen LogP contribution is 1.88. The van der Waals surface area contributed by atoms with Gasteiger partial charge in [-0.2, -0.15) is 0 Å². The Labute approximate surface area is 98.7 Å². The summed E-state index contributed by atoms with van der Waals surface area (Å²) in [6, 6.07) is -0.630. The predicted octanol–water partition coefficient (Wildman–Crippen LogP) is -0.721. The molecule has 7 nitrogen and oxygen atoms in total. The first-order valence-electron chi connectivity index (χ1n) is 4.83. The molecule has 0 aliphatic heterocycles. The number of carbonyl (C=O) groups is 3. The van der Waals surface area contributed by atoms with E-state index in [1.165, 1.54) is 4.90 Å². The van der Waals surface area contributed by atoms with Gasteiger partial charge in [0, 0.05) is 6.54 Å². The summed E-state index contributed by atoms with van der Waals surface area (Å²) < 4.78 is 4.51. The third-order valence-electron chi connectivity index (χ3n) is 1.66. The number of urea groups is 1. The van der Waals surface area contributed by atoms with Crippen LogP contribution in [0.2, 0.25) is 0 Å². The van der Waals surface area contributed by atoms with Crippen molar-refractivity contribution in [2.24, 2.45) is 0 Å². The van der Waals surface area contributed by atoms with E-state index in [2.05, 4.69) is 10.7 Å². The lowest BCUT2D eigenvalue weighted by Gasteiger charge is -2.17. The smallest absolute Gasteiger partial charge is 0.329 e. The third kappa shape index (κ3) is 6.92. The Hall–Kier alpha value is -2.07. The lowest BCUT2D eigenvalue weighted by Crippen LogP contribution is -2.44. The van der Waals surface area contributed by atoms with E-state index in [9.17, 15) is 14.4 Å². The largest absolute Gasteiger partial charge is 0.480 e. The molecule has 0 heterocycles. The van der Waals surface area contributed by atoms with Crippen LogP contribution in [0.3, 0.4) is 0 Å². The second-order valence-electron chi connectivity index (χ2n) is 2.96. The number of nitrogens with one attached hydrogen (secondary N) is 1. The van der Waals surface area contributed by atoms with E-state index in [4.69, 9.17) is 11.5 Å². The monoisotopic (exact) mass is 242 g/mol. The maximum Gasteiger partial charge on any atom is 0.329 e. The maximum absolute atomic E-state index is 11.4. The lowest BCUT2D eigenvalue weighted by molar-refractivity contribution is -0.143. The second kappa shape index (κ2) is 8.13. The number of terminal acetylenes is 1. The van der Waals surface area contributed by atoms with Gasteiger partial charge in [0.15, 0.2) is 0 Å². The van der Waals surface area contributed by atoms with Crippen molar-refractivity contribution >= 4 is 17.9 Å². The minimum Gasteiger partial charge on any atom is -0.480 e. The average molecular weight is 242 g/mol. The number of aliphatic carboxylic acids is 1. The summed E-state index contributed by atoms with van der Waals surface area (Å²) in [5, 5.41) is 10.3. The van der Waals surface area contributed by atoms with Crippen LogP contribution in [0.1, 0.15) is 6.92 Å². The molecular weight excluding hydrogens is 228 g/mol. The number of imide groups is 1. The summed E-state index contributed by atoms with van der Waals surface area (Å²) in [5.41, 5.74) is 0. The zero-order valence-corrected chi connectivity index (χ0v) is 9.43. The van der Waals surface area contributed by atoms with Crippen molar-refractivity contribution in [3.8, 4) is 12.3 Å². The number of nitrogens with zero attached hydrogens (tertiary/aromatic N) is 1. The Bertz CT molecular complexity index is 334. The van der Waals surface area contributed by atoms with Gasteiger partial charge in [0.2, 0.25) is 0 Å². The first-order valence-corrected chi connectivity index (χ1v) is 4.83. The van der Waals surface area contributed by atoms with Gasteiger partial charge in [-0.1, -0.05) is 5.92 Å². The number of hydrogen-bond donors (Lipinski definition) is 2. The highest BCUT2D eigenvalue weighted by atomic mass is 16.5. The van der Waals surface area contributed by atoms with Gasteiger partial charge in [0.1, 0.15) is 13.2 Å². The van der Waals surface area contributed by atoms with E-state index in [0.29, 0.717) is 6.54 Å². The van der Waals surface area contributed by atoms with E-state index in [1.807, 2.05) is 5.32 Å². The molecule has 0 radical (unpaired) electrons. The molecule has 0 aliphatic carbocycles. The number of ether oxygens (including phenoxy) is 1. The van der Waals surface area contributed by atoms with Crippen molar-refractivity contribution in [2.45, 2.75) is 6.92 Å². The Morgan fingerprint density at radius 3 is 2.53 bits per heavy atom. The van der Waals surface area contributed by atoms with Crippen LogP contribution in [-0.2, 0) is 14.3 Å². The average Bonchev–Trinajstić information content (AvgIpc) is 2.24. The number of amides is 3. The van der Waals surface area contributed by atoms with Crippen molar-refractivity contribution in [1.29, 1.82) is 0 Å². The molecule has 0 spiro atoms. The van der Waals surface area contributed by atoms with Crippen molar-refractivity contribution in [3.05, 3.63) is 0 Å². The number of carboxylic acids is 1. The van der Waals surface area contributed by atoms with Crippen LogP contribution in [0, 0.1) is 12.3 Å². The number of rotatable bonds is 6. The van der Waals surface area contributed by atoms with Crippen LogP contribution in [0.15, 0.2) is 0 Å². The van der Waals surface area contributed by atoms with Gasteiger partial charge >= 0.3 is 12.0 Å². The van der Waals surface area contributed by atoms with Gasteiger partial charge in [-0.05, 0) is 6.92 Å². The second-order valence-corrected chi connectivity index (χ2v) is 2.96. The highest BCUT2D eigenvalue weighted by Gasteiger charge is 2.13. The van der Waals surface area contributed by atoms with Gasteiger partial charge in [-0.25, -0.2) is 9.59 Å². The zero-order valence-electron chi connectivity index (χ0n) is 9.43. The molecular formula is C10H14N2O5. The molecule has 0 saturated heterocycles. The number of hydrogen-bond acceptors (Lipinski definition) is 4.